The molecule has 1 aliphatic rings. The van der Waals surface area contributed by atoms with E-state index in [9.17, 15) is 9.59 Å². The molecule has 2 heterocycles. The van der Waals surface area contributed by atoms with Crippen LogP contribution in [0.1, 0.15) is 36.5 Å². The van der Waals surface area contributed by atoms with Crippen LogP contribution in [0.4, 0.5) is 5.69 Å². The number of rotatable bonds is 6. The summed E-state index contributed by atoms with van der Waals surface area (Å²) < 4.78 is 0. The van der Waals surface area contributed by atoms with E-state index >= 15 is 0 Å². The van der Waals surface area contributed by atoms with E-state index in [-0.39, 0.29) is 24.2 Å². The van der Waals surface area contributed by atoms with Gasteiger partial charge in [-0.2, -0.15) is 0 Å². The van der Waals surface area contributed by atoms with Crippen LogP contribution in [0, 0.1) is 5.92 Å². The van der Waals surface area contributed by atoms with Crippen LogP contribution >= 0.6 is 11.3 Å². The molecule has 0 N–H and O–H groups in total. The second kappa shape index (κ2) is 7.99. The lowest BCUT2D eigenvalue weighted by Gasteiger charge is -2.21. The highest BCUT2D eigenvalue weighted by Gasteiger charge is 2.36. The van der Waals surface area contributed by atoms with Gasteiger partial charge in [0.05, 0.1) is 23.2 Å². The quantitative estimate of drug-likeness (QED) is 0.783. The van der Waals surface area contributed by atoms with Crippen molar-refractivity contribution in [3.63, 3.8) is 0 Å². The number of thiazole rings is 1. The minimum atomic E-state index is -0.289. The monoisotopic (exact) mass is 371 g/mol. The van der Waals surface area contributed by atoms with Gasteiger partial charge in [0.25, 0.3) is 0 Å². The van der Waals surface area contributed by atoms with Gasteiger partial charge in [0.2, 0.25) is 11.8 Å². The van der Waals surface area contributed by atoms with Gasteiger partial charge in [-0.05, 0) is 30.5 Å². The molecular formula is C20H25N3O2S. The Morgan fingerprint density at radius 3 is 2.62 bits per heavy atom. The van der Waals surface area contributed by atoms with Crippen LogP contribution < -0.4 is 4.90 Å². The first-order valence-electron chi connectivity index (χ1n) is 9.09. The van der Waals surface area contributed by atoms with Crippen LogP contribution in [0.3, 0.4) is 0 Å². The SMILES string of the molecule is CCc1ccc(N2C[C@@H](C(=O)N(C)Cc3csc(CC)n3)CC2=O)cc1. The summed E-state index contributed by atoms with van der Waals surface area (Å²) in [5.41, 5.74) is 3.03. The Morgan fingerprint density at radius 1 is 1.27 bits per heavy atom. The lowest BCUT2D eigenvalue weighted by molar-refractivity contribution is -0.135. The van der Waals surface area contributed by atoms with Crippen molar-refractivity contribution in [2.75, 3.05) is 18.5 Å². The Kier molecular flexibility index (Phi) is 5.71. The highest BCUT2D eigenvalue weighted by atomic mass is 32.1. The number of benzene rings is 1. The fraction of sp³-hybridized carbons (Fsp3) is 0.450. The maximum Gasteiger partial charge on any atom is 0.228 e. The van der Waals surface area contributed by atoms with Crippen molar-refractivity contribution in [3.8, 4) is 0 Å². The van der Waals surface area contributed by atoms with Gasteiger partial charge in [-0.3, -0.25) is 9.59 Å². The molecule has 138 valence electrons. The summed E-state index contributed by atoms with van der Waals surface area (Å²) in [4.78, 5) is 33.1. The van der Waals surface area contributed by atoms with Gasteiger partial charge in [-0.25, -0.2) is 4.98 Å². The van der Waals surface area contributed by atoms with Crippen molar-refractivity contribution in [3.05, 3.63) is 45.9 Å². The summed E-state index contributed by atoms with van der Waals surface area (Å²) in [5, 5.41) is 3.09. The molecule has 1 aromatic carbocycles. The molecule has 0 bridgehead atoms. The second-order valence-electron chi connectivity index (χ2n) is 6.71. The van der Waals surface area contributed by atoms with E-state index in [0.717, 1.165) is 29.2 Å². The first kappa shape index (κ1) is 18.6. The molecule has 6 heteroatoms. The average Bonchev–Trinajstić information content (AvgIpc) is 3.27. The molecule has 0 radical (unpaired) electrons. The smallest absolute Gasteiger partial charge is 0.228 e. The number of carbonyl (C=O) groups is 2. The molecule has 0 spiro atoms. The molecular weight excluding hydrogens is 346 g/mol. The van der Waals surface area contributed by atoms with Gasteiger partial charge in [0.1, 0.15) is 0 Å². The molecule has 0 saturated carbocycles. The van der Waals surface area contributed by atoms with Gasteiger partial charge < -0.3 is 9.80 Å². The van der Waals surface area contributed by atoms with Gasteiger partial charge in [-0.15, -0.1) is 11.3 Å². The predicted octanol–water partition coefficient (Wildman–Crippen LogP) is 3.28. The first-order valence-corrected chi connectivity index (χ1v) is 9.97. The van der Waals surface area contributed by atoms with Gasteiger partial charge in [0, 0.05) is 31.1 Å². The van der Waals surface area contributed by atoms with E-state index in [1.807, 2.05) is 29.6 Å². The highest BCUT2D eigenvalue weighted by molar-refractivity contribution is 7.09. The minimum absolute atomic E-state index is 0.0112. The molecule has 1 atom stereocenters. The van der Waals surface area contributed by atoms with Crippen molar-refractivity contribution in [1.29, 1.82) is 0 Å². The Morgan fingerprint density at radius 2 is 2.00 bits per heavy atom. The summed E-state index contributed by atoms with van der Waals surface area (Å²) in [5.74, 6) is -0.261. The summed E-state index contributed by atoms with van der Waals surface area (Å²) in [6, 6.07) is 8.01. The standard InChI is InChI=1S/C20H25N3O2S/c1-4-14-6-8-17(9-7-14)23-11-15(10-19(23)24)20(25)22(3)12-16-13-26-18(5-2)21-16/h6-9,13,15H,4-5,10-12H2,1-3H3/t15-/m0/s1. The molecule has 5 nitrogen and oxygen atoms in total. The summed E-state index contributed by atoms with van der Waals surface area (Å²) >= 11 is 1.63. The number of amides is 2. The zero-order chi connectivity index (χ0) is 18.7. The normalized spacial score (nSPS) is 17.0. The molecule has 0 aliphatic carbocycles. The number of hydrogen-bond donors (Lipinski definition) is 0. The third-order valence-electron chi connectivity index (χ3n) is 4.81. The number of aromatic nitrogens is 1. The molecule has 1 fully saturated rings. The van der Waals surface area contributed by atoms with Gasteiger partial charge >= 0.3 is 0 Å². The Balaban J connectivity index is 1.63. The lowest BCUT2D eigenvalue weighted by atomic mass is 10.1. The van der Waals surface area contributed by atoms with Crippen molar-refractivity contribution >= 4 is 28.8 Å². The van der Waals surface area contributed by atoms with E-state index in [1.165, 1.54) is 5.56 Å². The van der Waals surface area contributed by atoms with E-state index in [4.69, 9.17) is 0 Å². The second-order valence-corrected chi connectivity index (χ2v) is 7.65. The Bertz CT molecular complexity index is 785. The zero-order valence-electron chi connectivity index (χ0n) is 15.6. The Hall–Kier alpha value is -2.21. The summed E-state index contributed by atoms with van der Waals surface area (Å²) in [6.45, 7) is 5.12. The molecule has 2 aromatic rings. The molecule has 1 aromatic heterocycles. The molecule has 1 saturated heterocycles. The number of carbonyl (C=O) groups excluding carboxylic acids is 2. The van der Waals surface area contributed by atoms with E-state index in [2.05, 4.69) is 18.8 Å². The van der Waals surface area contributed by atoms with Crippen LogP contribution in [0.25, 0.3) is 0 Å². The van der Waals surface area contributed by atoms with Crippen molar-refractivity contribution in [2.24, 2.45) is 5.92 Å². The minimum Gasteiger partial charge on any atom is -0.340 e. The fourth-order valence-electron chi connectivity index (χ4n) is 3.25. The third-order valence-corrected chi connectivity index (χ3v) is 5.85. The Labute approximate surface area is 158 Å². The third kappa shape index (κ3) is 3.96. The van der Waals surface area contributed by atoms with E-state index < -0.39 is 0 Å². The first-order chi connectivity index (χ1) is 12.5. The summed E-state index contributed by atoms with van der Waals surface area (Å²) in [7, 11) is 1.79. The number of anilines is 1. The number of nitrogens with zero attached hydrogens (tertiary/aromatic N) is 3. The highest BCUT2D eigenvalue weighted by Crippen LogP contribution is 2.27. The molecule has 0 unspecified atom stereocenters. The lowest BCUT2D eigenvalue weighted by Crippen LogP contribution is -2.34. The van der Waals surface area contributed by atoms with Gasteiger partial charge in [0.15, 0.2) is 0 Å². The predicted molar refractivity (Wildman–Crippen MR) is 104 cm³/mol. The maximum atomic E-state index is 12.8. The van der Waals surface area contributed by atoms with Crippen LogP contribution in [-0.4, -0.2) is 35.3 Å². The van der Waals surface area contributed by atoms with Crippen LogP contribution in [0.2, 0.25) is 0 Å². The van der Waals surface area contributed by atoms with Crippen LogP contribution in [0.5, 0.6) is 0 Å². The molecule has 26 heavy (non-hydrogen) atoms. The zero-order valence-corrected chi connectivity index (χ0v) is 16.4. The molecule has 3 rings (SSSR count). The van der Waals surface area contributed by atoms with Crippen molar-refractivity contribution in [2.45, 2.75) is 39.7 Å². The van der Waals surface area contributed by atoms with Crippen molar-refractivity contribution in [1.82, 2.24) is 9.88 Å². The molecule has 2 amide bonds. The average molecular weight is 372 g/mol. The number of hydrogen-bond acceptors (Lipinski definition) is 4. The molecule has 1 aliphatic heterocycles. The van der Waals surface area contributed by atoms with Crippen molar-refractivity contribution < 1.29 is 9.59 Å². The largest absolute Gasteiger partial charge is 0.340 e. The summed E-state index contributed by atoms with van der Waals surface area (Å²) in [6.07, 6.45) is 2.15. The fourth-order valence-corrected chi connectivity index (χ4v) is 3.99. The maximum absolute atomic E-state index is 12.8. The number of aryl methyl sites for hydroxylation is 2. The topological polar surface area (TPSA) is 53.5 Å². The van der Waals surface area contributed by atoms with Gasteiger partial charge in [-0.1, -0.05) is 26.0 Å². The van der Waals surface area contributed by atoms with E-state index in [1.54, 1.807) is 28.2 Å². The van der Waals surface area contributed by atoms with Crippen LogP contribution in [-0.2, 0) is 29.0 Å². The van der Waals surface area contributed by atoms with E-state index in [0.29, 0.717) is 13.1 Å². The van der Waals surface area contributed by atoms with Crippen LogP contribution in [0.15, 0.2) is 29.6 Å².